The van der Waals surface area contributed by atoms with Gasteiger partial charge in [0.2, 0.25) is 0 Å². The molecule has 7 heteroatoms. The highest BCUT2D eigenvalue weighted by atomic mass is 35.5. The Labute approximate surface area is 183 Å². The van der Waals surface area contributed by atoms with E-state index in [-0.39, 0.29) is 30.1 Å². The highest BCUT2D eigenvalue weighted by Gasteiger charge is 2.22. The van der Waals surface area contributed by atoms with E-state index in [9.17, 15) is 9.59 Å². The number of piperidine rings is 1. The van der Waals surface area contributed by atoms with Crippen molar-refractivity contribution in [3.8, 4) is 11.5 Å². The minimum absolute atomic E-state index is 0. The molecule has 3 rings (SSSR count). The van der Waals surface area contributed by atoms with Gasteiger partial charge in [-0.1, -0.05) is 18.2 Å². The lowest BCUT2D eigenvalue weighted by atomic mass is 9.97. The number of carbonyl (C=O) groups is 2. The van der Waals surface area contributed by atoms with E-state index < -0.39 is 0 Å². The minimum atomic E-state index is -0.224. The molecule has 1 heterocycles. The largest absolute Gasteiger partial charge is 0.490 e. The second-order valence-electron chi connectivity index (χ2n) is 6.92. The first-order valence-electron chi connectivity index (χ1n) is 10.2. The molecule has 1 fully saturated rings. The zero-order valence-electron chi connectivity index (χ0n) is 17.4. The van der Waals surface area contributed by atoms with Crippen LogP contribution < -0.4 is 20.1 Å². The Bertz CT molecular complexity index is 866. The summed E-state index contributed by atoms with van der Waals surface area (Å²) in [5.41, 5.74) is 1.21. The maximum absolute atomic E-state index is 13.2. The molecule has 2 aromatic rings. The number of hydrogen-bond acceptors (Lipinski definition) is 5. The summed E-state index contributed by atoms with van der Waals surface area (Å²) >= 11 is 0. The molecule has 1 aliphatic rings. The fourth-order valence-electron chi connectivity index (χ4n) is 3.47. The van der Waals surface area contributed by atoms with E-state index in [1.807, 2.05) is 13.8 Å². The molecule has 6 nitrogen and oxygen atoms in total. The number of rotatable bonds is 8. The van der Waals surface area contributed by atoms with Gasteiger partial charge in [0.25, 0.3) is 5.91 Å². The Morgan fingerprint density at radius 2 is 1.73 bits per heavy atom. The summed E-state index contributed by atoms with van der Waals surface area (Å²) in [6, 6.07) is 12.1. The Morgan fingerprint density at radius 3 is 2.40 bits per heavy atom. The molecule has 2 aromatic carbocycles. The van der Waals surface area contributed by atoms with Crippen molar-refractivity contribution >= 4 is 24.1 Å². The summed E-state index contributed by atoms with van der Waals surface area (Å²) in [6.45, 7) is 6.47. The van der Waals surface area contributed by atoms with Crippen LogP contribution in [0.25, 0.3) is 0 Å². The smallest absolute Gasteiger partial charge is 0.252 e. The Kier molecular flexibility index (Phi) is 9.15. The van der Waals surface area contributed by atoms with Gasteiger partial charge < -0.3 is 20.1 Å². The van der Waals surface area contributed by atoms with Crippen LogP contribution in [0.15, 0.2) is 42.5 Å². The molecule has 30 heavy (non-hydrogen) atoms. The number of nitrogens with one attached hydrogen (secondary N) is 2. The van der Waals surface area contributed by atoms with Gasteiger partial charge in [-0.05, 0) is 57.5 Å². The Morgan fingerprint density at radius 1 is 1.03 bits per heavy atom. The highest BCUT2D eigenvalue weighted by Crippen LogP contribution is 2.30. The molecule has 0 spiro atoms. The second kappa shape index (κ2) is 11.6. The Balaban J connectivity index is 0.00000320. The molecule has 0 saturated carbocycles. The van der Waals surface area contributed by atoms with Crippen LogP contribution in [-0.4, -0.2) is 44.0 Å². The lowest BCUT2D eigenvalue weighted by molar-refractivity contribution is 0.0921. The predicted molar refractivity (Wildman–Crippen MR) is 119 cm³/mol. The number of benzene rings is 2. The van der Waals surface area contributed by atoms with Crippen molar-refractivity contribution in [2.45, 2.75) is 32.7 Å². The highest BCUT2D eigenvalue weighted by molar-refractivity contribution is 6.15. The third kappa shape index (κ3) is 5.74. The molecular formula is C23H29ClN2O4. The van der Waals surface area contributed by atoms with Crippen LogP contribution in [0.1, 0.15) is 53.0 Å². The molecule has 0 aromatic heterocycles. The molecule has 0 bridgehead atoms. The van der Waals surface area contributed by atoms with Crippen LogP contribution in [0.3, 0.4) is 0 Å². The molecular weight excluding hydrogens is 404 g/mol. The summed E-state index contributed by atoms with van der Waals surface area (Å²) in [7, 11) is 0. The van der Waals surface area contributed by atoms with Crippen LogP contribution in [0.5, 0.6) is 11.5 Å². The van der Waals surface area contributed by atoms with Crippen LogP contribution in [0, 0.1) is 0 Å². The SMILES string of the molecule is CCOc1ccc(C(=O)c2ccccc2C(=O)NC2CCCNC2)cc1OCC.Cl. The van der Waals surface area contributed by atoms with Gasteiger partial charge in [0.05, 0.1) is 18.8 Å². The fourth-order valence-corrected chi connectivity index (χ4v) is 3.47. The van der Waals surface area contributed by atoms with Crippen molar-refractivity contribution in [2.24, 2.45) is 0 Å². The van der Waals surface area contributed by atoms with E-state index in [0.29, 0.717) is 41.4 Å². The van der Waals surface area contributed by atoms with E-state index in [2.05, 4.69) is 10.6 Å². The molecule has 2 N–H and O–H groups in total. The van der Waals surface area contributed by atoms with E-state index in [4.69, 9.17) is 9.47 Å². The number of carbonyl (C=O) groups excluding carboxylic acids is 2. The van der Waals surface area contributed by atoms with Crippen molar-refractivity contribution < 1.29 is 19.1 Å². The van der Waals surface area contributed by atoms with Gasteiger partial charge in [-0.15, -0.1) is 12.4 Å². The van der Waals surface area contributed by atoms with Crippen LogP contribution in [0.2, 0.25) is 0 Å². The van der Waals surface area contributed by atoms with Crippen LogP contribution in [-0.2, 0) is 0 Å². The van der Waals surface area contributed by atoms with Gasteiger partial charge in [0.1, 0.15) is 0 Å². The van der Waals surface area contributed by atoms with Gasteiger partial charge in [-0.2, -0.15) is 0 Å². The average molecular weight is 433 g/mol. The summed E-state index contributed by atoms with van der Waals surface area (Å²) in [5, 5.41) is 6.32. The number of halogens is 1. The molecule has 1 saturated heterocycles. The third-order valence-electron chi connectivity index (χ3n) is 4.85. The quantitative estimate of drug-likeness (QED) is 0.623. The average Bonchev–Trinajstić information content (AvgIpc) is 2.75. The van der Waals surface area contributed by atoms with Crippen LogP contribution >= 0.6 is 12.4 Å². The van der Waals surface area contributed by atoms with Crippen molar-refractivity contribution in [2.75, 3.05) is 26.3 Å². The van der Waals surface area contributed by atoms with Crippen molar-refractivity contribution in [3.63, 3.8) is 0 Å². The molecule has 162 valence electrons. The fraction of sp³-hybridized carbons (Fsp3) is 0.391. The first-order chi connectivity index (χ1) is 14.1. The number of hydrogen-bond donors (Lipinski definition) is 2. The van der Waals surface area contributed by atoms with Crippen LogP contribution in [0.4, 0.5) is 0 Å². The molecule has 1 atom stereocenters. The lowest BCUT2D eigenvalue weighted by Crippen LogP contribution is -2.45. The maximum atomic E-state index is 13.2. The summed E-state index contributed by atoms with van der Waals surface area (Å²) in [4.78, 5) is 26.0. The Hall–Kier alpha value is -2.57. The van der Waals surface area contributed by atoms with Gasteiger partial charge in [0, 0.05) is 23.7 Å². The van der Waals surface area contributed by atoms with E-state index in [1.165, 1.54) is 0 Å². The number of amides is 1. The van der Waals surface area contributed by atoms with E-state index >= 15 is 0 Å². The first kappa shape index (κ1) is 23.7. The number of ketones is 1. The zero-order chi connectivity index (χ0) is 20.6. The predicted octanol–water partition coefficient (Wildman–Crippen LogP) is 3.62. The molecule has 1 aliphatic heterocycles. The summed E-state index contributed by atoms with van der Waals surface area (Å²) in [5.74, 6) is 0.678. The normalized spacial score (nSPS) is 15.6. The number of ether oxygens (including phenoxy) is 2. The first-order valence-corrected chi connectivity index (χ1v) is 10.2. The van der Waals surface area contributed by atoms with Gasteiger partial charge in [0.15, 0.2) is 17.3 Å². The van der Waals surface area contributed by atoms with E-state index in [1.54, 1.807) is 42.5 Å². The maximum Gasteiger partial charge on any atom is 0.252 e. The van der Waals surface area contributed by atoms with Crippen molar-refractivity contribution in [1.29, 1.82) is 0 Å². The monoisotopic (exact) mass is 432 g/mol. The lowest BCUT2D eigenvalue weighted by Gasteiger charge is -2.24. The van der Waals surface area contributed by atoms with Gasteiger partial charge in [-0.25, -0.2) is 0 Å². The van der Waals surface area contributed by atoms with E-state index in [0.717, 1.165) is 25.9 Å². The molecule has 1 unspecified atom stereocenters. The third-order valence-corrected chi connectivity index (χ3v) is 4.85. The van der Waals surface area contributed by atoms with Gasteiger partial charge in [-0.3, -0.25) is 9.59 Å². The van der Waals surface area contributed by atoms with Gasteiger partial charge >= 0.3 is 0 Å². The molecule has 0 aliphatic carbocycles. The molecule has 0 radical (unpaired) electrons. The van der Waals surface area contributed by atoms with Crippen molar-refractivity contribution in [3.05, 3.63) is 59.2 Å². The standard InChI is InChI=1S/C23H28N2O4.ClH/c1-3-28-20-12-11-16(14-21(20)29-4-2)22(26)18-9-5-6-10-19(18)23(27)25-17-8-7-13-24-15-17;/h5-6,9-12,14,17,24H,3-4,7-8,13,15H2,1-2H3,(H,25,27);1H. The summed E-state index contributed by atoms with van der Waals surface area (Å²) < 4.78 is 11.2. The molecule has 1 amide bonds. The topological polar surface area (TPSA) is 76.7 Å². The zero-order valence-corrected chi connectivity index (χ0v) is 18.2. The minimum Gasteiger partial charge on any atom is -0.490 e. The second-order valence-corrected chi connectivity index (χ2v) is 6.92. The van der Waals surface area contributed by atoms with Crippen molar-refractivity contribution in [1.82, 2.24) is 10.6 Å². The summed E-state index contributed by atoms with van der Waals surface area (Å²) in [6.07, 6.45) is 1.96.